The van der Waals surface area contributed by atoms with Crippen molar-refractivity contribution in [3.8, 4) is 11.3 Å². The normalized spacial score (nSPS) is 14.9. The van der Waals surface area contributed by atoms with Crippen LogP contribution in [0.2, 0.25) is 0 Å². The number of likely N-dealkylation sites (tertiary alicyclic amines) is 1. The molecule has 1 amide bonds. The number of aryl methyl sites for hydroxylation is 1. The zero-order chi connectivity index (χ0) is 20.5. The third-order valence-corrected chi connectivity index (χ3v) is 6.37. The number of piperidine rings is 1. The molecule has 0 radical (unpaired) electrons. The molecule has 30 heavy (non-hydrogen) atoms. The number of thiophene rings is 1. The first-order chi connectivity index (χ1) is 14.7. The van der Waals surface area contributed by atoms with Crippen molar-refractivity contribution in [3.05, 3.63) is 76.5 Å². The largest absolute Gasteiger partial charge is 0.339 e. The zero-order valence-corrected chi connectivity index (χ0v) is 17.6. The fraction of sp³-hybridized carbons (Fsp3) is 0.250. The van der Waals surface area contributed by atoms with E-state index in [1.54, 1.807) is 17.5 Å². The maximum atomic E-state index is 13.0. The Balaban J connectivity index is 1.31. The van der Waals surface area contributed by atoms with E-state index >= 15 is 0 Å². The maximum Gasteiger partial charge on any atom is 0.253 e. The molecule has 0 atom stereocenters. The van der Waals surface area contributed by atoms with Crippen LogP contribution in [0.25, 0.3) is 22.2 Å². The zero-order valence-electron chi connectivity index (χ0n) is 16.8. The molecule has 1 aromatic carbocycles. The van der Waals surface area contributed by atoms with Gasteiger partial charge in [0.15, 0.2) is 0 Å². The SMILES string of the molecule is Cc1cc(-c2ccsc2)nc(C2CCN(C(=O)c3ccc4ncccc4c3)CC2)n1. The van der Waals surface area contributed by atoms with Gasteiger partial charge in [0.25, 0.3) is 5.91 Å². The quantitative estimate of drug-likeness (QED) is 0.469. The van der Waals surface area contributed by atoms with Gasteiger partial charge in [-0.3, -0.25) is 9.78 Å². The van der Waals surface area contributed by atoms with Crippen molar-refractivity contribution < 1.29 is 4.79 Å². The summed E-state index contributed by atoms with van der Waals surface area (Å²) in [4.78, 5) is 28.9. The van der Waals surface area contributed by atoms with E-state index in [0.29, 0.717) is 0 Å². The highest BCUT2D eigenvalue weighted by molar-refractivity contribution is 7.08. The number of nitrogens with zero attached hydrogens (tertiary/aromatic N) is 4. The number of carbonyl (C=O) groups is 1. The van der Waals surface area contributed by atoms with Gasteiger partial charge in [-0.1, -0.05) is 6.07 Å². The first kappa shape index (κ1) is 18.9. The molecule has 0 N–H and O–H groups in total. The Morgan fingerprint density at radius 1 is 1.10 bits per heavy atom. The minimum atomic E-state index is 0.0864. The monoisotopic (exact) mass is 414 g/mol. The molecule has 6 heteroatoms. The first-order valence-electron chi connectivity index (χ1n) is 10.2. The molecule has 3 aromatic heterocycles. The highest BCUT2D eigenvalue weighted by Crippen LogP contribution is 2.29. The summed E-state index contributed by atoms with van der Waals surface area (Å²) in [6, 6.07) is 13.8. The van der Waals surface area contributed by atoms with E-state index in [4.69, 9.17) is 9.97 Å². The van der Waals surface area contributed by atoms with Gasteiger partial charge in [-0.15, -0.1) is 0 Å². The number of fused-ring (bicyclic) bond motifs is 1. The van der Waals surface area contributed by atoms with Gasteiger partial charge < -0.3 is 4.90 Å². The molecular weight excluding hydrogens is 392 g/mol. The topological polar surface area (TPSA) is 59.0 Å². The fourth-order valence-electron chi connectivity index (χ4n) is 4.06. The Morgan fingerprint density at radius 3 is 2.77 bits per heavy atom. The van der Waals surface area contributed by atoms with E-state index in [0.717, 1.165) is 65.2 Å². The van der Waals surface area contributed by atoms with Crippen LogP contribution in [0.3, 0.4) is 0 Å². The lowest BCUT2D eigenvalue weighted by Crippen LogP contribution is -2.38. The Kier molecular flexibility index (Phi) is 5.01. The first-order valence-corrected chi connectivity index (χ1v) is 11.1. The maximum absolute atomic E-state index is 13.0. The van der Waals surface area contributed by atoms with E-state index in [-0.39, 0.29) is 11.8 Å². The molecule has 0 bridgehead atoms. The minimum Gasteiger partial charge on any atom is -0.339 e. The summed E-state index contributed by atoms with van der Waals surface area (Å²) in [6.45, 7) is 3.47. The van der Waals surface area contributed by atoms with Gasteiger partial charge in [-0.25, -0.2) is 9.97 Å². The lowest BCUT2D eigenvalue weighted by molar-refractivity contribution is 0.0711. The number of carbonyl (C=O) groups excluding carboxylic acids is 1. The van der Waals surface area contributed by atoms with Crippen LogP contribution in [-0.4, -0.2) is 38.8 Å². The van der Waals surface area contributed by atoms with Crippen LogP contribution in [-0.2, 0) is 0 Å². The van der Waals surface area contributed by atoms with Gasteiger partial charge in [0.2, 0.25) is 0 Å². The summed E-state index contributed by atoms with van der Waals surface area (Å²) < 4.78 is 0. The molecule has 1 saturated heterocycles. The Hall–Kier alpha value is -3.12. The van der Waals surface area contributed by atoms with Crippen LogP contribution < -0.4 is 0 Å². The average Bonchev–Trinajstić information content (AvgIpc) is 3.33. The minimum absolute atomic E-state index is 0.0864. The Bertz CT molecular complexity index is 1200. The summed E-state index contributed by atoms with van der Waals surface area (Å²) in [5.74, 6) is 1.27. The van der Waals surface area contributed by atoms with Crippen molar-refractivity contribution in [1.82, 2.24) is 19.9 Å². The van der Waals surface area contributed by atoms with Crippen molar-refractivity contribution in [3.63, 3.8) is 0 Å². The lowest BCUT2D eigenvalue weighted by atomic mass is 9.95. The second kappa shape index (κ2) is 7.95. The van der Waals surface area contributed by atoms with Gasteiger partial charge in [0, 0.05) is 52.8 Å². The average molecular weight is 415 g/mol. The second-order valence-electron chi connectivity index (χ2n) is 7.74. The van der Waals surface area contributed by atoms with Crippen LogP contribution in [0, 0.1) is 6.92 Å². The van der Waals surface area contributed by atoms with E-state index < -0.39 is 0 Å². The van der Waals surface area contributed by atoms with Crippen molar-refractivity contribution in [2.45, 2.75) is 25.7 Å². The van der Waals surface area contributed by atoms with Crippen LogP contribution >= 0.6 is 11.3 Å². The third kappa shape index (κ3) is 3.71. The standard InChI is InChI=1S/C24H22N4OS/c1-16-13-22(20-8-12-30-15-20)27-23(26-16)17-6-10-28(11-7-17)24(29)19-4-5-21-18(14-19)3-2-9-25-21/h2-5,8-9,12-15,17H,6-7,10-11H2,1H3. The molecule has 1 fully saturated rings. The second-order valence-corrected chi connectivity index (χ2v) is 8.52. The van der Waals surface area contributed by atoms with Crippen LogP contribution in [0.4, 0.5) is 0 Å². The van der Waals surface area contributed by atoms with E-state index in [9.17, 15) is 4.79 Å². The molecule has 5 rings (SSSR count). The van der Waals surface area contributed by atoms with Gasteiger partial charge >= 0.3 is 0 Å². The van der Waals surface area contributed by atoms with Crippen molar-refractivity contribution in [1.29, 1.82) is 0 Å². The van der Waals surface area contributed by atoms with Crippen molar-refractivity contribution in [2.75, 3.05) is 13.1 Å². The van der Waals surface area contributed by atoms with Crippen LogP contribution in [0.1, 0.15) is 40.6 Å². The van der Waals surface area contributed by atoms with E-state index in [1.165, 1.54) is 0 Å². The highest BCUT2D eigenvalue weighted by Gasteiger charge is 2.26. The number of hydrogen-bond acceptors (Lipinski definition) is 5. The smallest absolute Gasteiger partial charge is 0.253 e. The Labute approximate surface area is 179 Å². The van der Waals surface area contributed by atoms with Crippen LogP contribution in [0.5, 0.6) is 0 Å². The number of rotatable bonds is 3. The molecule has 5 nitrogen and oxygen atoms in total. The van der Waals surface area contributed by atoms with Gasteiger partial charge in [0.05, 0.1) is 11.2 Å². The molecule has 4 aromatic rings. The fourth-order valence-corrected chi connectivity index (χ4v) is 4.71. The number of aromatic nitrogens is 3. The molecule has 1 aliphatic rings. The summed E-state index contributed by atoms with van der Waals surface area (Å²) in [5.41, 5.74) is 4.75. The molecule has 0 aliphatic carbocycles. The van der Waals surface area contributed by atoms with Gasteiger partial charge in [0.1, 0.15) is 5.82 Å². The molecule has 1 aliphatic heterocycles. The van der Waals surface area contributed by atoms with E-state index in [1.807, 2.05) is 48.2 Å². The molecule has 0 spiro atoms. The van der Waals surface area contributed by atoms with E-state index in [2.05, 4.69) is 21.8 Å². The Morgan fingerprint density at radius 2 is 1.97 bits per heavy atom. The predicted octanol–water partition coefficient (Wildman–Crippen LogP) is 5.08. The highest BCUT2D eigenvalue weighted by atomic mass is 32.1. The number of hydrogen-bond donors (Lipinski definition) is 0. The number of benzene rings is 1. The van der Waals surface area contributed by atoms with Gasteiger partial charge in [-0.2, -0.15) is 11.3 Å². The number of amides is 1. The number of pyridine rings is 1. The molecule has 4 heterocycles. The third-order valence-electron chi connectivity index (χ3n) is 5.69. The predicted molar refractivity (Wildman–Crippen MR) is 120 cm³/mol. The van der Waals surface area contributed by atoms with Crippen molar-refractivity contribution in [2.24, 2.45) is 0 Å². The molecule has 0 saturated carbocycles. The summed E-state index contributed by atoms with van der Waals surface area (Å²) in [6.07, 6.45) is 3.53. The summed E-state index contributed by atoms with van der Waals surface area (Å²) >= 11 is 1.68. The summed E-state index contributed by atoms with van der Waals surface area (Å²) in [7, 11) is 0. The summed E-state index contributed by atoms with van der Waals surface area (Å²) in [5, 5.41) is 5.18. The molecule has 0 unspecified atom stereocenters. The molecule has 150 valence electrons. The van der Waals surface area contributed by atoms with Crippen LogP contribution in [0.15, 0.2) is 59.4 Å². The molecular formula is C24H22N4OS. The van der Waals surface area contributed by atoms with Gasteiger partial charge in [-0.05, 0) is 61.5 Å². The lowest BCUT2D eigenvalue weighted by Gasteiger charge is -2.31. The van der Waals surface area contributed by atoms with Crippen molar-refractivity contribution >= 4 is 28.1 Å².